The van der Waals surface area contributed by atoms with Crippen LogP contribution in [0.1, 0.15) is 13.3 Å². The monoisotopic (exact) mass is 349 g/mol. The van der Waals surface area contributed by atoms with Gasteiger partial charge in [-0.15, -0.1) is 0 Å². The Morgan fingerprint density at radius 2 is 1.95 bits per heavy atom. The topological polar surface area (TPSA) is 44.4 Å². The minimum atomic E-state index is -0.101. The molecule has 0 radical (unpaired) electrons. The molecule has 0 bridgehead atoms. The highest BCUT2D eigenvalue weighted by Crippen LogP contribution is 2.32. The van der Waals surface area contributed by atoms with Gasteiger partial charge in [-0.3, -0.25) is 9.69 Å². The number of hydrogen-bond donors (Lipinski definition) is 2. The van der Waals surface area contributed by atoms with Crippen molar-refractivity contribution >= 4 is 46.4 Å². The number of carbonyl (C=O) groups is 1. The van der Waals surface area contributed by atoms with E-state index in [0.717, 1.165) is 26.1 Å². The minimum Gasteiger partial charge on any atom is -0.324 e. The molecular weight excluding hydrogens is 333 g/mol. The van der Waals surface area contributed by atoms with E-state index in [4.69, 9.17) is 34.8 Å². The van der Waals surface area contributed by atoms with E-state index >= 15 is 0 Å². The Labute approximate surface area is 139 Å². The molecule has 1 aliphatic heterocycles. The maximum atomic E-state index is 12.2. The molecule has 7 heteroatoms. The van der Waals surface area contributed by atoms with Gasteiger partial charge in [-0.1, -0.05) is 41.7 Å². The molecule has 0 atom stereocenters. The molecule has 1 aliphatic rings. The zero-order chi connectivity index (χ0) is 15.4. The second-order valence-electron chi connectivity index (χ2n) is 5.08. The highest BCUT2D eigenvalue weighted by Gasteiger charge is 2.25. The van der Waals surface area contributed by atoms with Crippen LogP contribution in [0.25, 0.3) is 0 Å². The van der Waals surface area contributed by atoms with Crippen LogP contribution in [-0.4, -0.2) is 43.0 Å². The van der Waals surface area contributed by atoms with Crippen LogP contribution in [0.3, 0.4) is 0 Å². The SMILES string of the molecule is CCCN(CC(=O)Nc1cc(Cl)c(Cl)cc1Cl)C1CNC1. The number of rotatable bonds is 6. The van der Waals surface area contributed by atoms with Gasteiger partial charge in [0.1, 0.15) is 0 Å². The van der Waals surface area contributed by atoms with Crippen molar-refractivity contribution in [1.29, 1.82) is 0 Å². The molecule has 2 N–H and O–H groups in total. The van der Waals surface area contributed by atoms with E-state index in [-0.39, 0.29) is 5.91 Å². The lowest BCUT2D eigenvalue weighted by Gasteiger charge is -2.37. The quantitative estimate of drug-likeness (QED) is 0.774. The van der Waals surface area contributed by atoms with Crippen molar-refractivity contribution in [3.05, 3.63) is 27.2 Å². The van der Waals surface area contributed by atoms with Gasteiger partial charge in [-0.25, -0.2) is 0 Å². The van der Waals surface area contributed by atoms with Gasteiger partial charge in [-0.2, -0.15) is 0 Å². The van der Waals surface area contributed by atoms with E-state index in [0.29, 0.717) is 33.3 Å². The van der Waals surface area contributed by atoms with Gasteiger partial charge in [0.25, 0.3) is 0 Å². The summed E-state index contributed by atoms with van der Waals surface area (Å²) in [5.74, 6) is -0.101. The summed E-state index contributed by atoms with van der Waals surface area (Å²) in [5, 5.41) is 7.13. The molecule has 0 spiro atoms. The zero-order valence-electron chi connectivity index (χ0n) is 11.8. The zero-order valence-corrected chi connectivity index (χ0v) is 14.0. The van der Waals surface area contributed by atoms with E-state index in [1.807, 2.05) is 0 Å². The molecule has 1 heterocycles. The Balaban J connectivity index is 1.98. The molecule has 0 aliphatic carbocycles. The number of halogens is 3. The molecule has 2 rings (SSSR count). The van der Waals surface area contributed by atoms with Gasteiger partial charge in [0.15, 0.2) is 0 Å². The summed E-state index contributed by atoms with van der Waals surface area (Å²) >= 11 is 17.9. The van der Waals surface area contributed by atoms with Crippen molar-refractivity contribution in [2.24, 2.45) is 0 Å². The molecule has 1 aromatic carbocycles. The third-order valence-corrected chi connectivity index (χ3v) is 4.45. The van der Waals surface area contributed by atoms with Gasteiger partial charge < -0.3 is 10.6 Å². The van der Waals surface area contributed by atoms with Crippen LogP contribution in [0.5, 0.6) is 0 Å². The van der Waals surface area contributed by atoms with Gasteiger partial charge in [0.05, 0.1) is 27.3 Å². The fourth-order valence-corrected chi connectivity index (χ4v) is 2.80. The fourth-order valence-electron chi connectivity index (χ4n) is 2.20. The van der Waals surface area contributed by atoms with Crippen molar-refractivity contribution in [1.82, 2.24) is 10.2 Å². The van der Waals surface area contributed by atoms with Crippen molar-refractivity contribution in [3.8, 4) is 0 Å². The van der Waals surface area contributed by atoms with Crippen LogP contribution in [0.4, 0.5) is 5.69 Å². The Kier molecular flexibility index (Phi) is 6.14. The van der Waals surface area contributed by atoms with Crippen molar-refractivity contribution in [2.45, 2.75) is 19.4 Å². The molecule has 4 nitrogen and oxygen atoms in total. The Morgan fingerprint density at radius 1 is 1.29 bits per heavy atom. The Morgan fingerprint density at radius 3 is 2.52 bits per heavy atom. The van der Waals surface area contributed by atoms with Crippen LogP contribution in [-0.2, 0) is 4.79 Å². The summed E-state index contributed by atoms with van der Waals surface area (Å²) < 4.78 is 0. The summed E-state index contributed by atoms with van der Waals surface area (Å²) in [5.41, 5.74) is 0.485. The van der Waals surface area contributed by atoms with Gasteiger partial charge >= 0.3 is 0 Å². The first-order valence-corrected chi connectivity index (χ1v) is 8.03. The Hall–Kier alpha value is -0.520. The second kappa shape index (κ2) is 7.65. The van der Waals surface area contributed by atoms with Gasteiger partial charge in [0.2, 0.25) is 5.91 Å². The van der Waals surface area contributed by atoms with Crippen LogP contribution < -0.4 is 10.6 Å². The first kappa shape index (κ1) is 16.8. The molecule has 0 unspecified atom stereocenters. The predicted octanol–water partition coefficient (Wildman–Crippen LogP) is 3.27. The largest absolute Gasteiger partial charge is 0.324 e. The fraction of sp³-hybridized carbons (Fsp3) is 0.500. The molecule has 1 saturated heterocycles. The smallest absolute Gasteiger partial charge is 0.238 e. The second-order valence-corrected chi connectivity index (χ2v) is 6.30. The summed E-state index contributed by atoms with van der Waals surface area (Å²) in [6.45, 7) is 5.21. The molecule has 1 aromatic rings. The number of carbonyl (C=O) groups excluding carboxylic acids is 1. The lowest BCUT2D eigenvalue weighted by atomic mass is 10.1. The molecule has 0 saturated carbocycles. The summed E-state index contributed by atoms with van der Waals surface area (Å²) in [4.78, 5) is 14.4. The number of benzene rings is 1. The third-order valence-electron chi connectivity index (χ3n) is 3.42. The van der Waals surface area contributed by atoms with Crippen molar-refractivity contribution < 1.29 is 4.79 Å². The third kappa shape index (κ3) is 4.47. The number of nitrogens with zero attached hydrogens (tertiary/aromatic N) is 1. The molecule has 21 heavy (non-hydrogen) atoms. The van der Waals surface area contributed by atoms with E-state index in [1.54, 1.807) is 6.07 Å². The molecular formula is C14H18Cl3N3O. The first-order valence-electron chi connectivity index (χ1n) is 6.90. The Bertz CT molecular complexity index is 520. The molecule has 0 aromatic heterocycles. The standard InChI is InChI=1S/C14H18Cl3N3O/c1-2-3-20(9-6-18-7-9)8-14(21)19-13-5-11(16)10(15)4-12(13)17/h4-5,9,18H,2-3,6-8H2,1H3,(H,19,21). The number of anilines is 1. The number of nitrogens with one attached hydrogen (secondary N) is 2. The molecule has 116 valence electrons. The van der Waals surface area contributed by atoms with E-state index < -0.39 is 0 Å². The van der Waals surface area contributed by atoms with Gasteiger partial charge in [0, 0.05) is 19.1 Å². The van der Waals surface area contributed by atoms with Gasteiger partial charge in [-0.05, 0) is 25.1 Å². The average Bonchev–Trinajstić information content (AvgIpc) is 2.34. The number of hydrogen-bond acceptors (Lipinski definition) is 3. The van der Waals surface area contributed by atoms with Crippen molar-refractivity contribution in [3.63, 3.8) is 0 Å². The predicted molar refractivity (Wildman–Crippen MR) is 88.6 cm³/mol. The minimum absolute atomic E-state index is 0.101. The van der Waals surface area contributed by atoms with Crippen LogP contribution in [0.2, 0.25) is 15.1 Å². The normalized spacial score (nSPS) is 15.1. The number of amides is 1. The molecule has 1 fully saturated rings. The summed E-state index contributed by atoms with van der Waals surface area (Å²) in [7, 11) is 0. The highest BCUT2D eigenvalue weighted by molar-refractivity contribution is 6.44. The first-order chi connectivity index (χ1) is 10.0. The van der Waals surface area contributed by atoms with Crippen LogP contribution in [0.15, 0.2) is 12.1 Å². The average molecular weight is 351 g/mol. The highest BCUT2D eigenvalue weighted by atomic mass is 35.5. The van der Waals surface area contributed by atoms with Crippen molar-refractivity contribution in [2.75, 3.05) is 31.5 Å². The summed E-state index contributed by atoms with van der Waals surface area (Å²) in [6.07, 6.45) is 1.01. The van der Waals surface area contributed by atoms with E-state index in [9.17, 15) is 4.79 Å². The maximum Gasteiger partial charge on any atom is 0.238 e. The van der Waals surface area contributed by atoms with Crippen LogP contribution in [0, 0.1) is 0 Å². The summed E-state index contributed by atoms with van der Waals surface area (Å²) in [6, 6.07) is 3.53. The lowest BCUT2D eigenvalue weighted by Crippen LogP contribution is -2.58. The van der Waals surface area contributed by atoms with E-state index in [2.05, 4.69) is 22.5 Å². The maximum absolute atomic E-state index is 12.2. The molecule has 1 amide bonds. The lowest BCUT2D eigenvalue weighted by molar-refractivity contribution is -0.118. The van der Waals surface area contributed by atoms with E-state index in [1.165, 1.54) is 6.07 Å². The van der Waals surface area contributed by atoms with Crippen LogP contribution >= 0.6 is 34.8 Å².